The molecule has 0 aliphatic carbocycles. The van der Waals surface area contributed by atoms with Crippen LogP contribution < -0.4 is 5.32 Å². The van der Waals surface area contributed by atoms with E-state index in [1.807, 2.05) is 7.05 Å². The third-order valence-electron chi connectivity index (χ3n) is 3.42. The second-order valence-corrected chi connectivity index (χ2v) is 5.19. The normalized spacial score (nSPS) is 22.9. The zero-order valence-corrected chi connectivity index (χ0v) is 10.5. The Morgan fingerprint density at radius 1 is 1.53 bits per heavy atom. The number of carbonyl (C=O) groups excluding carboxylic acids is 1. The summed E-state index contributed by atoms with van der Waals surface area (Å²) in [7, 11) is 5.98. The molecular formula is C11H23N3O. The summed E-state index contributed by atoms with van der Waals surface area (Å²) in [4.78, 5) is 15.6. The Kier molecular flexibility index (Phi) is 3.73. The molecule has 4 nitrogen and oxygen atoms in total. The van der Waals surface area contributed by atoms with Crippen LogP contribution in [-0.2, 0) is 4.79 Å². The van der Waals surface area contributed by atoms with E-state index in [0.717, 1.165) is 19.5 Å². The number of hydrogen-bond acceptors (Lipinski definition) is 3. The molecule has 1 fully saturated rings. The summed E-state index contributed by atoms with van der Waals surface area (Å²) in [5.74, 6) is 0.226. The summed E-state index contributed by atoms with van der Waals surface area (Å²) in [6.45, 7) is 6.05. The van der Waals surface area contributed by atoms with Crippen molar-refractivity contribution in [3.63, 3.8) is 0 Å². The molecule has 0 aromatic rings. The van der Waals surface area contributed by atoms with Crippen LogP contribution in [-0.4, -0.2) is 61.5 Å². The third kappa shape index (κ3) is 2.92. The minimum atomic E-state index is 0.0224. The third-order valence-corrected chi connectivity index (χ3v) is 3.42. The molecule has 1 saturated heterocycles. The highest BCUT2D eigenvalue weighted by molar-refractivity contribution is 5.83. The van der Waals surface area contributed by atoms with E-state index in [1.54, 1.807) is 4.90 Å². The van der Waals surface area contributed by atoms with Crippen LogP contribution in [0.4, 0.5) is 0 Å². The van der Waals surface area contributed by atoms with E-state index in [-0.39, 0.29) is 17.5 Å². The molecule has 1 N–H and O–H groups in total. The van der Waals surface area contributed by atoms with Crippen molar-refractivity contribution in [2.24, 2.45) is 0 Å². The van der Waals surface area contributed by atoms with Crippen LogP contribution in [0.5, 0.6) is 0 Å². The molecule has 0 spiro atoms. The largest absolute Gasteiger partial charge is 0.344 e. The summed E-state index contributed by atoms with van der Waals surface area (Å²) >= 11 is 0. The van der Waals surface area contributed by atoms with Crippen molar-refractivity contribution in [2.75, 3.05) is 34.2 Å². The maximum atomic E-state index is 11.6. The quantitative estimate of drug-likeness (QED) is 0.722. The topological polar surface area (TPSA) is 35.6 Å². The van der Waals surface area contributed by atoms with E-state index in [2.05, 4.69) is 38.2 Å². The molecule has 0 bridgehead atoms. The minimum absolute atomic E-state index is 0.0224. The van der Waals surface area contributed by atoms with Crippen molar-refractivity contribution in [1.29, 1.82) is 0 Å². The lowest BCUT2D eigenvalue weighted by Gasteiger charge is -2.33. The van der Waals surface area contributed by atoms with Gasteiger partial charge < -0.3 is 15.1 Å². The van der Waals surface area contributed by atoms with Crippen LogP contribution in [0.25, 0.3) is 0 Å². The lowest BCUT2D eigenvalue weighted by Crippen LogP contribution is -2.50. The van der Waals surface area contributed by atoms with Crippen LogP contribution in [0, 0.1) is 0 Å². The van der Waals surface area contributed by atoms with Gasteiger partial charge in [0, 0.05) is 25.7 Å². The predicted molar refractivity (Wildman–Crippen MR) is 61.8 cm³/mol. The predicted octanol–water partition coefficient (Wildman–Crippen LogP) is 0.147. The van der Waals surface area contributed by atoms with Gasteiger partial charge >= 0.3 is 0 Å². The molecule has 0 aromatic carbocycles. The monoisotopic (exact) mass is 213 g/mol. The average Bonchev–Trinajstić information content (AvgIpc) is 2.45. The summed E-state index contributed by atoms with van der Waals surface area (Å²) in [5.41, 5.74) is 0.0848. The van der Waals surface area contributed by atoms with Gasteiger partial charge in [0.25, 0.3) is 0 Å². The standard InChI is InChI=1S/C11H23N3O/c1-11(2,13(3)4)8-12-9-6-7-14(5)10(9)15/h9,12H,6-8H2,1-5H3. The van der Waals surface area contributed by atoms with Gasteiger partial charge in [-0.25, -0.2) is 0 Å². The number of rotatable bonds is 4. The first-order valence-electron chi connectivity index (χ1n) is 5.50. The van der Waals surface area contributed by atoms with E-state index in [9.17, 15) is 4.79 Å². The molecule has 0 radical (unpaired) electrons. The van der Waals surface area contributed by atoms with Crippen LogP contribution in [0.3, 0.4) is 0 Å². The highest BCUT2D eigenvalue weighted by Gasteiger charge is 2.30. The van der Waals surface area contributed by atoms with Crippen LogP contribution in [0.15, 0.2) is 0 Å². The van der Waals surface area contributed by atoms with Gasteiger partial charge in [-0.05, 0) is 34.4 Å². The van der Waals surface area contributed by atoms with Crippen molar-refractivity contribution < 1.29 is 4.79 Å². The zero-order valence-electron chi connectivity index (χ0n) is 10.5. The summed E-state index contributed by atoms with van der Waals surface area (Å²) in [5, 5.41) is 3.35. The average molecular weight is 213 g/mol. The smallest absolute Gasteiger partial charge is 0.239 e. The molecule has 1 unspecified atom stereocenters. The van der Waals surface area contributed by atoms with Gasteiger partial charge in [0.1, 0.15) is 0 Å². The van der Waals surface area contributed by atoms with Crippen LogP contribution >= 0.6 is 0 Å². The van der Waals surface area contributed by atoms with Gasteiger partial charge in [0.2, 0.25) is 5.91 Å². The molecule has 88 valence electrons. The molecule has 0 saturated carbocycles. The molecule has 15 heavy (non-hydrogen) atoms. The highest BCUT2D eigenvalue weighted by Crippen LogP contribution is 2.12. The lowest BCUT2D eigenvalue weighted by atomic mass is 10.0. The van der Waals surface area contributed by atoms with Crippen molar-refractivity contribution in [3.8, 4) is 0 Å². The Labute approximate surface area is 92.6 Å². The molecule has 1 aliphatic heterocycles. The van der Waals surface area contributed by atoms with Crippen molar-refractivity contribution in [1.82, 2.24) is 15.1 Å². The number of nitrogens with one attached hydrogen (secondary N) is 1. The molecule has 4 heteroatoms. The van der Waals surface area contributed by atoms with Crippen molar-refractivity contribution in [3.05, 3.63) is 0 Å². The minimum Gasteiger partial charge on any atom is -0.344 e. The Morgan fingerprint density at radius 3 is 2.53 bits per heavy atom. The number of nitrogens with zero attached hydrogens (tertiary/aromatic N) is 2. The Hall–Kier alpha value is -0.610. The summed E-state index contributed by atoms with van der Waals surface area (Å²) in [6.07, 6.45) is 0.929. The first-order valence-corrected chi connectivity index (χ1v) is 5.50. The van der Waals surface area contributed by atoms with Gasteiger partial charge in [-0.2, -0.15) is 0 Å². The lowest BCUT2D eigenvalue weighted by molar-refractivity contribution is -0.128. The Balaban J connectivity index is 2.41. The van der Waals surface area contributed by atoms with Gasteiger partial charge in [-0.15, -0.1) is 0 Å². The van der Waals surface area contributed by atoms with E-state index in [0.29, 0.717) is 0 Å². The molecule has 1 amide bonds. The van der Waals surface area contributed by atoms with Gasteiger partial charge in [-0.3, -0.25) is 4.79 Å². The van der Waals surface area contributed by atoms with Crippen molar-refractivity contribution in [2.45, 2.75) is 31.8 Å². The fourth-order valence-corrected chi connectivity index (χ4v) is 1.54. The maximum absolute atomic E-state index is 11.6. The SMILES string of the molecule is CN1CCC(NCC(C)(C)N(C)C)C1=O. The fourth-order valence-electron chi connectivity index (χ4n) is 1.54. The van der Waals surface area contributed by atoms with Gasteiger partial charge in [0.05, 0.1) is 6.04 Å². The van der Waals surface area contributed by atoms with Gasteiger partial charge in [-0.1, -0.05) is 0 Å². The number of amides is 1. The van der Waals surface area contributed by atoms with E-state index in [1.165, 1.54) is 0 Å². The highest BCUT2D eigenvalue weighted by atomic mass is 16.2. The zero-order chi connectivity index (χ0) is 11.6. The number of carbonyl (C=O) groups is 1. The maximum Gasteiger partial charge on any atom is 0.239 e. The number of likely N-dealkylation sites (tertiary alicyclic amines) is 1. The van der Waals surface area contributed by atoms with Crippen molar-refractivity contribution >= 4 is 5.91 Å². The molecule has 1 atom stereocenters. The number of likely N-dealkylation sites (N-methyl/N-ethyl adjacent to an activating group) is 2. The number of hydrogen-bond donors (Lipinski definition) is 1. The molecule has 1 rings (SSSR count). The van der Waals surface area contributed by atoms with E-state index >= 15 is 0 Å². The van der Waals surface area contributed by atoms with E-state index < -0.39 is 0 Å². The van der Waals surface area contributed by atoms with Crippen LogP contribution in [0.1, 0.15) is 20.3 Å². The second-order valence-electron chi connectivity index (χ2n) is 5.19. The Bertz CT molecular complexity index is 238. The summed E-state index contributed by atoms with van der Waals surface area (Å²) < 4.78 is 0. The fraction of sp³-hybridized carbons (Fsp3) is 0.909. The molecule has 0 aromatic heterocycles. The molecule has 1 heterocycles. The van der Waals surface area contributed by atoms with Crippen LogP contribution in [0.2, 0.25) is 0 Å². The Morgan fingerprint density at radius 2 is 2.13 bits per heavy atom. The van der Waals surface area contributed by atoms with Gasteiger partial charge in [0.15, 0.2) is 0 Å². The second kappa shape index (κ2) is 4.49. The summed E-state index contributed by atoms with van der Waals surface area (Å²) in [6, 6.07) is 0.0224. The molecular weight excluding hydrogens is 190 g/mol. The van der Waals surface area contributed by atoms with E-state index in [4.69, 9.17) is 0 Å². The molecule has 1 aliphatic rings. The first kappa shape index (κ1) is 12.5. The first-order chi connectivity index (χ1) is 6.84.